The average Bonchev–Trinajstić information content (AvgIpc) is 2.79. The zero-order valence-corrected chi connectivity index (χ0v) is 22.5. The van der Waals surface area contributed by atoms with E-state index in [4.69, 9.17) is 32.7 Å². The molecule has 6 nitrogen and oxygen atoms in total. The van der Waals surface area contributed by atoms with Crippen LogP contribution in [0.1, 0.15) is 30.5 Å². The molecule has 182 valence electrons. The smallest absolute Gasteiger partial charge is 0.183 e. The molecule has 2 aromatic carbocycles. The van der Waals surface area contributed by atoms with Crippen LogP contribution >= 0.6 is 35.0 Å². The van der Waals surface area contributed by atoms with Gasteiger partial charge in [-0.1, -0.05) is 37.6 Å². The summed E-state index contributed by atoms with van der Waals surface area (Å²) in [5.41, 5.74) is 1.93. The number of rotatable bonds is 11. The number of sulfone groups is 1. The number of hydrogen-bond acceptors (Lipinski definition) is 7. The van der Waals surface area contributed by atoms with Crippen LogP contribution in [0.3, 0.4) is 0 Å². The quantitative estimate of drug-likeness (QED) is 0.264. The Kier molecular flexibility index (Phi) is 9.89. The Morgan fingerprint density at radius 1 is 1.21 bits per heavy atom. The topological polar surface area (TPSA) is 88.8 Å². The number of thioether (sulfide) groups is 1. The van der Waals surface area contributed by atoms with Crippen molar-refractivity contribution in [1.29, 1.82) is 5.26 Å². The second kappa shape index (κ2) is 12.0. The Labute approximate surface area is 215 Å². The van der Waals surface area contributed by atoms with Crippen molar-refractivity contribution >= 4 is 51.5 Å². The van der Waals surface area contributed by atoms with Gasteiger partial charge in [0.05, 0.1) is 16.5 Å². The lowest BCUT2D eigenvalue weighted by atomic mass is 9.77. The van der Waals surface area contributed by atoms with Crippen molar-refractivity contribution < 1.29 is 17.9 Å². The third kappa shape index (κ3) is 6.70. The Morgan fingerprint density at radius 2 is 1.85 bits per heavy atom. The summed E-state index contributed by atoms with van der Waals surface area (Å²) in [6.07, 6.45) is 2.79. The summed E-state index contributed by atoms with van der Waals surface area (Å²) >= 11 is 13.2. The predicted octanol–water partition coefficient (Wildman–Crippen LogP) is 5.81. The lowest BCUT2D eigenvalue weighted by molar-refractivity contribution is 0.341. The fourth-order valence-electron chi connectivity index (χ4n) is 3.26. The lowest BCUT2D eigenvalue weighted by Crippen LogP contribution is -2.19. The van der Waals surface area contributed by atoms with E-state index in [0.717, 1.165) is 29.1 Å². The second-order valence-electron chi connectivity index (χ2n) is 7.79. The minimum atomic E-state index is -3.43. The van der Waals surface area contributed by atoms with Gasteiger partial charge in [0.2, 0.25) is 0 Å². The number of halogens is 2. The van der Waals surface area contributed by atoms with Crippen LogP contribution in [-0.4, -0.2) is 46.7 Å². The minimum absolute atomic E-state index is 0.0274. The molecule has 0 aliphatic heterocycles. The number of hydrogen-bond donors (Lipinski definition) is 0. The van der Waals surface area contributed by atoms with Gasteiger partial charge in [0.25, 0.3) is 0 Å². The zero-order valence-electron chi connectivity index (χ0n) is 19.4. The average molecular weight is 542 g/mol. The van der Waals surface area contributed by atoms with Crippen molar-refractivity contribution in [3.63, 3.8) is 0 Å². The van der Waals surface area contributed by atoms with Gasteiger partial charge in [-0.05, 0) is 48.4 Å². The Balaban J connectivity index is 2.30. The van der Waals surface area contributed by atoms with E-state index in [1.165, 1.54) is 0 Å². The van der Waals surface area contributed by atoms with Gasteiger partial charge in [0.1, 0.15) is 35.0 Å². The highest BCUT2D eigenvalue weighted by Gasteiger charge is 2.26. The molecule has 0 aliphatic carbocycles. The van der Waals surface area contributed by atoms with Crippen LogP contribution < -0.4 is 9.47 Å². The van der Waals surface area contributed by atoms with Gasteiger partial charge in [-0.2, -0.15) is 5.26 Å². The van der Waals surface area contributed by atoms with Crippen LogP contribution in [0, 0.1) is 11.3 Å². The van der Waals surface area contributed by atoms with E-state index in [-0.39, 0.29) is 29.0 Å². The van der Waals surface area contributed by atoms with Crippen molar-refractivity contribution in [3.8, 4) is 17.6 Å². The van der Waals surface area contributed by atoms with Gasteiger partial charge >= 0.3 is 0 Å². The maximum absolute atomic E-state index is 11.9. The van der Waals surface area contributed by atoms with Crippen LogP contribution in [0.25, 0.3) is 0 Å². The van der Waals surface area contributed by atoms with Crippen molar-refractivity contribution in [2.45, 2.75) is 19.3 Å². The summed E-state index contributed by atoms with van der Waals surface area (Å²) in [7, 11) is -3.43. The fourth-order valence-corrected chi connectivity index (χ4v) is 5.74. The predicted molar refractivity (Wildman–Crippen MR) is 141 cm³/mol. The summed E-state index contributed by atoms with van der Waals surface area (Å²) in [5, 5.41) is 9.92. The normalized spacial score (nSPS) is 12.5. The number of ether oxygens (including phenoxy) is 2. The molecule has 0 bridgehead atoms. The van der Waals surface area contributed by atoms with Crippen molar-refractivity contribution in [2.24, 2.45) is 4.99 Å². The summed E-state index contributed by atoms with van der Waals surface area (Å²) in [5.74, 6) is 1.16. The molecule has 0 N–H and O–H groups in total. The molecule has 34 heavy (non-hydrogen) atoms. The molecule has 2 rings (SSSR count). The molecule has 0 unspecified atom stereocenters. The van der Waals surface area contributed by atoms with E-state index in [2.05, 4.69) is 17.8 Å². The van der Waals surface area contributed by atoms with Crippen molar-refractivity contribution in [2.75, 3.05) is 31.6 Å². The molecule has 0 radical (unpaired) electrons. The van der Waals surface area contributed by atoms with Gasteiger partial charge in [-0.25, -0.2) is 8.42 Å². The maximum Gasteiger partial charge on any atom is 0.183 e. The largest absolute Gasteiger partial charge is 0.489 e. The number of benzene rings is 2. The monoisotopic (exact) mass is 540 g/mol. The molecule has 0 aromatic heterocycles. The number of nitriles is 1. The molecule has 0 fully saturated rings. The Morgan fingerprint density at radius 3 is 2.35 bits per heavy atom. The van der Waals surface area contributed by atoms with Crippen LogP contribution in [-0.2, 0) is 15.3 Å². The third-order valence-electron chi connectivity index (χ3n) is 5.11. The summed E-state index contributed by atoms with van der Waals surface area (Å²) in [6, 6.07) is 13.1. The Bertz CT molecular complexity index is 1220. The van der Waals surface area contributed by atoms with Crippen molar-refractivity contribution in [3.05, 3.63) is 68.0 Å². The van der Waals surface area contributed by atoms with E-state index in [1.807, 2.05) is 26.0 Å². The van der Waals surface area contributed by atoms with Crippen molar-refractivity contribution in [1.82, 2.24) is 0 Å². The minimum Gasteiger partial charge on any atom is -0.489 e. The van der Waals surface area contributed by atoms with E-state index in [9.17, 15) is 13.7 Å². The van der Waals surface area contributed by atoms with E-state index in [0.29, 0.717) is 22.1 Å². The third-order valence-corrected chi connectivity index (χ3v) is 8.47. The molecule has 10 heteroatoms. The first-order valence-corrected chi connectivity index (χ1v) is 14.1. The van der Waals surface area contributed by atoms with Gasteiger partial charge in [0, 0.05) is 11.7 Å². The lowest BCUT2D eigenvalue weighted by Gasteiger charge is -2.27. The summed E-state index contributed by atoms with van der Waals surface area (Å²) < 4.78 is 35.3. The molecule has 0 saturated heterocycles. The maximum atomic E-state index is 11.9. The molecule has 0 spiro atoms. The van der Waals surface area contributed by atoms with Gasteiger partial charge < -0.3 is 9.47 Å². The number of nitrogens with zero attached hydrogens (tertiary/aromatic N) is 2. The van der Waals surface area contributed by atoms with Crippen LogP contribution in [0.2, 0.25) is 5.02 Å². The highest BCUT2D eigenvalue weighted by Crippen LogP contribution is 2.38. The highest BCUT2D eigenvalue weighted by molar-refractivity contribution is 8.18. The molecule has 0 heterocycles. The zero-order chi connectivity index (χ0) is 25.5. The SMILES string of the molecule is C=N/C(COc1ccc(C(C)(C)c2cc(Cl)c(OCCCl)c(C#N)c2)cc1)=C(\SC)S(C)(=O)=O. The number of alkyl halides is 1. The molecule has 0 aliphatic rings. The van der Waals surface area contributed by atoms with E-state index >= 15 is 0 Å². The standard InChI is InChI=1S/C24H26Cl2N2O4S2/c1-24(2,18-12-16(14-27)22(20(26)13-18)31-11-10-25)17-6-8-19(9-7-17)32-15-21(28-3)23(33-4)34(5,29)30/h6-9,12-13H,3,10-11,15H2,1-2,4-5H3/b23-21+. The molecular weight excluding hydrogens is 515 g/mol. The molecule has 2 aromatic rings. The molecule has 0 atom stereocenters. The van der Waals surface area contributed by atoms with E-state index in [1.54, 1.807) is 30.5 Å². The van der Waals surface area contributed by atoms with Gasteiger partial charge in [-0.15, -0.1) is 23.4 Å². The Hall–Kier alpha value is -2.18. The molecule has 0 amide bonds. The summed E-state index contributed by atoms with van der Waals surface area (Å²) in [6.45, 7) is 7.73. The van der Waals surface area contributed by atoms with Crippen LogP contribution in [0.5, 0.6) is 11.5 Å². The first-order valence-electron chi connectivity index (χ1n) is 10.1. The fraction of sp³-hybridized carbons (Fsp3) is 0.333. The molecule has 0 saturated carbocycles. The van der Waals surface area contributed by atoms with Gasteiger partial charge in [0.15, 0.2) is 15.6 Å². The summed E-state index contributed by atoms with van der Waals surface area (Å²) in [4.78, 5) is 3.84. The second-order valence-corrected chi connectivity index (χ2v) is 11.6. The highest BCUT2D eigenvalue weighted by atomic mass is 35.5. The first kappa shape index (κ1) is 28.1. The molecular formula is C24H26Cl2N2O4S2. The number of aliphatic imine (C=N–C) groups is 1. The van der Waals surface area contributed by atoms with E-state index < -0.39 is 15.3 Å². The van der Waals surface area contributed by atoms with Crippen LogP contribution in [0.15, 0.2) is 51.3 Å². The van der Waals surface area contributed by atoms with Gasteiger partial charge in [-0.3, -0.25) is 4.99 Å². The van der Waals surface area contributed by atoms with Crippen LogP contribution in [0.4, 0.5) is 0 Å². The first-order chi connectivity index (χ1) is 16.0.